The number of imide groups is 1. The van der Waals surface area contributed by atoms with E-state index in [1.54, 1.807) is 12.3 Å². The van der Waals surface area contributed by atoms with E-state index >= 15 is 0 Å². The highest BCUT2D eigenvalue weighted by molar-refractivity contribution is 6.06. The molecular formula is C16H15NO3. The summed E-state index contributed by atoms with van der Waals surface area (Å²) in [5.41, 5.74) is 0. The van der Waals surface area contributed by atoms with Crippen LogP contribution in [0.2, 0.25) is 0 Å². The number of carbonyl (C=O) groups is 2. The minimum Gasteiger partial charge on any atom is -0.467 e. The van der Waals surface area contributed by atoms with Crippen molar-refractivity contribution < 1.29 is 14.0 Å². The van der Waals surface area contributed by atoms with Gasteiger partial charge in [-0.05, 0) is 42.2 Å². The minimum atomic E-state index is -0.101. The van der Waals surface area contributed by atoms with E-state index in [2.05, 4.69) is 12.2 Å². The van der Waals surface area contributed by atoms with Crippen LogP contribution in [0.1, 0.15) is 12.2 Å². The van der Waals surface area contributed by atoms with Crippen LogP contribution in [-0.4, -0.2) is 16.7 Å². The first kappa shape index (κ1) is 10.9. The lowest BCUT2D eigenvalue weighted by Crippen LogP contribution is -2.40. The fourth-order valence-corrected chi connectivity index (χ4v) is 4.73. The van der Waals surface area contributed by atoms with Crippen LogP contribution in [0.25, 0.3) is 0 Å². The number of likely N-dealkylation sites (tertiary alicyclic amines) is 1. The zero-order valence-electron chi connectivity index (χ0n) is 10.9. The first-order valence-corrected chi connectivity index (χ1v) is 7.31. The van der Waals surface area contributed by atoms with Gasteiger partial charge in [-0.2, -0.15) is 0 Å². The standard InChI is InChI=1S/C16H15NO3/c18-15-13-9-3-4-10(12-6-11(9)12)14(13)16(19)17(15)7-8-2-1-5-20-8/h1-5,9-14H,6-7H2/t9-,10-,11-,12-,13-,14+/m1/s1. The summed E-state index contributed by atoms with van der Waals surface area (Å²) in [6, 6.07) is 3.60. The number of amides is 2. The van der Waals surface area contributed by atoms with Gasteiger partial charge in [0.15, 0.2) is 0 Å². The van der Waals surface area contributed by atoms with E-state index in [0.717, 1.165) is 0 Å². The van der Waals surface area contributed by atoms with Crippen LogP contribution in [-0.2, 0) is 16.1 Å². The van der Waals surface area contributed by atoms with Crippen LogP contribution >= 0.6 is 0 Å². The molecule has 6 atom stereocenters. The van der Waals surface area contributed by atoms with E-state index < -0.39 is 0 Å². The van der Waals surface area contributed by atoms with Crippen LogP contribution in [0.15, 0.2) is 35.0 Å². The summed E-state index contributed by atoms with van der Waals surface area (Å²) in [5, 5.41) is 0. The number of hydrogen-bond acceptors (Lipinski definition) is 3. The molecule has 1 saturated heterocycles. The van der Waals surface area contributed by atoms with E-state index in [0.29, 0.717) is 29.4 Å². The molecule has 20 heavy (non-hydrogen) atoms. The highest BCUT2D eigenvalue weighted by Gasteiger charge is 2.66. The molecule has 1 aliphatic heterocycles. The lowest BCUT2D eigenvalue weighted by atomic mass is 9.63. The fraction of sp³-hybridized carbons (Fsp3) is 0.500. The number of nitrogens with zero attached hydrogens (tertiary/aromatic N) is 1. The molecule has 4 aliphatic carbocycles. The fourth-order valence-electron chi connectivity index (χ4n) is 4.73. The molecule has 0 spiro atoms. The molecule has 102 valence electrons. The summed E-state index contributed by atoms with van der Waals surface area (Å²) in [6.07, 6.45) is 7.17. The molecule has 1 aromatic heterocycles. The van der Waals surface area contributed by atoms with Crippen molar-refractivity contribution >= 4 is 11.8 Å². The predicted octanol–water partition coefficient (Wildman–Crippen LogP) is 1.83. The van der Waals surface area contributed by atoms with Gasteiger partial charge in [0.1, 0.15) is 5.76 Å². The molecule has 0 unspecified atom stereocenters. The van der Waals surface area contributed by atoms with Gasteiger partial charge >= 0.3 is 0 Å². The Hall–Kier alpha value is -1.84. The van der Waals surface area contributed by atoms with Gasteiger partial charge in [-0.15, -0.1) is 0 Å². The maximum atomic E-state index is 12.7. The second kappa shape index (κ2) is 3.43. The molecule has 5 aliphatic rings. The minimum absolute atomic E-state index is 0.0149. The Kier molecular flexibility index (Phi) is 1.87. The number of rotatable bonds is 2. The summed E-state index contributed by atoms with van der Waals surface area (Å²) in [5.74, 6) is 2.42. The maximum absolute atomic E-state index is 12.7. The van der Waals surface area contributed by atoms with Crippen LogP contribution in [0.5, 0.6) is 0 Å². The van der Waals surface area contributed by atoms with Gasteiger partial charge in [0.25, 0.3) is 0 Å². The summed E-state index contributed by atoms with van der Waals surface area (Å²) < 4.78 is 5.28. The second-order valence-electron chi connectivity index (χ2n) is 6.50. The monoisotopic (exact) mass is 269 g/mol. The van der Waals surface area contributed by atoms with Crippen molar-refractivity contribution in [3.63, 3.8) is 0 Å². The van der Waals surface area contributed by atoms with Crippen molar-refractivity contribution in [2.45, 2.75) is 13.0 Å². The quantitative estimate of drug-likeness (QED) is 0.608. The Morgan fingerprint density at radius 2 is 1.75 bits per heavy atom. The molecular weight excluding hydrogens is 254 g/mol. The third kappa shape index (κ3) is 1.18. The summed E-state index contributed by atoms with van der Waals surface area (Å²) in [7, 11) is 0. The third-order valence-electron chi connectivity index (χ3n) is 5.65. The number of carbonyl (C=O) groups excluding carboxylic acids is 2. The molecule has 3 fully saturated rings. The van der Waals surface area contributed by atoms with Crippen molar-refractivity contribution in [2.75, 3.05) is 0 Å². The first-order chi connectivity index (χ1) is 9.75. The molecule has 4 heteroatoms. The van der Waals surface area contributed by atoms with Crippen molar-refractivity contribution in [1.82, 2.24) is 4.90 Å². The van der Waals surface area contributed by atoms with Crippen LogP contribution < -0.4 is 0 Å². The lowest BCUT2D eigenvalue weighted by Gasteiger charge is -2.37. The Labute approximate surface area is 116 Å². The van der Waals surface area contributed by atoms with Crippen molar-refractivity contribution in [3.05, 3.63) is 36.3 Å². The smallest absolute Gasteiger partial charge is 0.234 e. The Morgan fingerprint density at radius 1 is 1.10 bits per heavy atom. The molecule has 1 aromatic rings. The molecule has 6 rings (SSSR count). The van der Waals surface area contributed by atoms with Gasteiger partial charge in [-0.25, -0.2) is 0 Å². The van der Waals surface area contributed by atoms with Gasteiger partial charge in [0.2, 0.25) is 11.8 Å². The Morgan fingerprint density at radius 3 is 2.30 bits per heavy atom. The lowest BCUT2D eigenvalue weighted by molar-refractivity contribution is -0.141. The zero-order valence-corrected chi connectivity index (χ0v) is 10.9. The van der Waals surface area contributed by atoms with Gasteiger partial charge in [-0.1, -0.05) is 12.2 Å². The molecule has 0 N–H and O–H groups in total. The summed E-state index contributed by atoms with van der Waals surface area (Å²) in [6.45, 7) is 0.284. The molecule has 2 bridgehead atoms. The highest BCUT2D eigenvalue weighted by atomic mass is 16.3. The number of allylic oxidation sites excluding steroid dienone is 2. The molecule has 0 radical (unpaired) electrons. The Balaban J connectivity index is 1.51. The summed E-state index contributed by atoms with van der Waals surface area (Å²) >= 11 is 0. The molecule has 2 amide bonds. The van der Waals surface area contributed by atoms with Crippen LogP contribution in [0, 0.1) is 35.5 Å². The average Bonchev–Trinajstić information content (AvgIpc) is 3.08. The van der Waals surface area contributed by atoms with Crippen LogP contribution in [0.3, 0.4) is 0 Å². The van der Waals surface area contributed by atoms with Crippen molar-refractivity contribution in [2.24, 2.45) is 35.5 Å². The Bertz CT molecular complexity index is 596. The van der Waals surface area contributed by atoms with Gasteiger partial charge in [0.05, 0.1) is 24.6 Å². The van der Waals surface area contributed by atoms with Gasteiger partial charge in [0, 0.05) is 0 Å². The van der Waals surface area contributed by atoms with E-state index in [1.165, 1.54) is 11.3 Å². The maximum Gasteiger partial charge on any atom is 0.234 e. The van der Waals surface area contributed by atoms with E-state index in [9.17, 15) is 9.59 Å². The molecule has 0 aromatic carbocycles. The topological polar surface area (TPSA) is 50.5 Å². The van der Waals surface area contributed by atoms with Crippen molar-refractivity contribution in [1.29, 1.82) is 0 Å². The van der Waals surface area contributed by atoms with E-state index in [1.807, 2.05) is 6.07 Å². The predicted molar refractivity (Wildman–Crippen MR) is 69.0 cm³/mol. The third-order valence-corrected chi connectivity index (χ3v) is 5.65. The number of hydrogen-bond donors (Lipinski definition) is 0. The second-order valence-corrected chi connectivity index (χ2v) is 6.50. The van der Waals surface area contributed by atoms with Crippen LogP contribution in [0.4, 0.5) is 0 Å². The molecule has 2 heterocycles. The highest BCUT2D eigenvalue weighted by Crippen LogP contribution is 2.65. The number of furan rings is 1. The van der Waals surface area contributed by atoms with Crippen molar-refractivity contribution in [3.8, 4) is 0 Å². The van der Waals surface area contributed by atoms with E-state index in [4.69, 9.17) is 4.42 Å². The van der Waals surface area contributed by atoms with E-state index in [-0.39, 0.29) is 30.2 Å². The SMILES string of the molecule is O=C1[C@@H]2[C@@H]3C=C[C@H]([C@H]4C[C@H]34)[C@@H]2C(=O)N1Cc1ccco1. The first-order valence-electron chi connectivity index (χ1n) is 7.31. The largest absolute Gasteiger partial charge is 0.467 e. The molecule has 4 nitrogen and oxygen atoms in total. The molecule has 2 saturated carbocycles. The van der Waals surface area contributed by atoms with Gasteiger partial charge < -0.3 is 4.42 Å². The van der Waals surface area contributed by atoms with Gasteiger partial charge in [-0.3, -0.25) is 14.5 Å². The summed E-state index contributed by atoms with van der Waals surface area (Å²) in [4.78, 5) is 26.7. The normalized spacial score (nSPS) is 43.9. The average molecular weight is 269 g/mol. The zero-order chi connectivity index (χ0) is 13.4.